The number of carbonyl (C=O) groups excluding carboxylic acids is 1. The highest BCUT2D eigenvalue weighted by Gasteiger charge is 2.17. The Hall–Kier alpha value is -1.16. The van der Waals surface area contributed by atoms with Gasteiger partial charge in [-0.2, -0.15) is 0 Å². The second-order valence-electron chi connectivity index (χ2n) is 3.83. The summed E-state index contributed by atoms with van der Waals surface area (Å²) in [6.07, 6.45) is 0.0381. The first-order chi connectivity index (χ1) is 7.41. The Bertz CT molecular complexity index is 426. The van der Waals surface area contributed by atoms with Gasteiger partial charge in [0.25, 0.3) is 0 Å². The first-order valence-corrected chi connectivity index (χ1v) is 5.73. The number of ketones is 1. The van der Waals surface area contributed by atoms with Crippen LogP contribution in [0.15, 0.2) is 22.7 Å². The average Bonchev–Trinajstić information content (AvgIpc) is 2.21. The van der Waals surface area contributed by atoms with Crippen molar-refractivity contribution in [3.63, 3.8) is 0 Å². The Kier molecular flexibility index (Phi) is 4.24. The Balaban J connectivity index is 2.81. The monoisotopic (exact) mass is 284 g/mol. The van der Waals surface area contributed by atoms with E-state index in [1.807, 2.05) is 6.92 Å². The van der Waals surface area contributed by atoms with E-state index in [-0.39, 0.29) is 12.2 Å². The van der Waals surface area contributed by atoms with Gasteiger partial charge in [-0.15, -0.1) is 0 Å². The van der Waals surface area contributed by atoms with Crippen LogP contribution < -0.4 is 0 Å². The number of Topliss-reactive ketones (excluding diaryl/α,β-unsaturated/α-hetero) is 1. The first-order valence-electron chi connectivity index (χ1n) is 4.94. The predicted molar refractivity (Wildman–Crippen MR) is 64.6 cm³/mol. The van der Waals surface area contributed by atoms with Gasteiger partial charge < -0.3 is 5.11 Å². The summed E-state index contributed by atoms with van der Waals surface area (Å²) < 4.78 is 0.940. The van der Waals surface area contributed by atoms with Crippen molar-refractivity contribution in [2.24, 2.45) is 5.92 Å². The number of hydrogen-bond donors (Lipinski definition) is 1. The molecule has 1 aromatic carbocycles. The number of hydrogen-bond acceptors (Lipinski definition) is 2. The van der Waals surface area contributed by atoms with Crippen LogP contribution in [0.1, 0.15) is 29.3 Å². The molecule has 0 aliphatic rings. The van der Waals surface area contributed by atoms with Crippen molar-refractivity contribution in [2.75, 3.05) is 0 Å². The standard InChI is InChI=1S/C12H13BrO3/c1-7-5-9(3-4-10(7)13)11(14)6-8(2)12(15)16/h3-5,8H,6H2,1-2H3,(H,15,16). The zero-order valence-corrected chi connectivity index (χ0v) is 10.7. The van der Waals surface area contributed by atoms with E-state index in [4.69, 9.17) is 5.11 Å². The molecule has 1 aromatic rings. The molecule has 1 rings (SSSR count). The van der Waals surface area contributed by atoms with E-state index in [9.17, 15) is 9.59 Å². The van der Waals surface area contributed by atoms with Gasteiger partial charge in [0.15, 0.2) is 5.78 Å². The van der Waals surface area contributed by atoms with Crippen LogP contribution in [0.2, 0.25) is 0 Å². The maximum Gasteiger partial charge on any atom is 0.306 e. The fraction of sp³-hybridized carbons (Fsp3) is 0.333. The van der Waals surface area contributed by atoms with E-state index in [1.165, 1.54) is 6.92 Å². The summed E-state index contributed by atoms with van der Waals surface area (Å²) in [4.78, 5) is 22.4. The summed E-state index contributed by atoms with van der Waals surface area (Å²) in [5.41, 5.74) is 1.53. The highest BCUT2D eigenvalue weighted by molar-refractivity contribution is 9.10. The van der Waals surface area contributed by atoms with Crippen LogP contribution in [0.5, 0.6) is 0 Å². The molecule has 0 aromatic heterocycles. The minimum Gasteiger partial charge on any atom is -0.481 e. The van der Waals surface area contributed by atoms with E-state index in [0.717, 1.165) is 10.0 Å². The van der Waals surface area contributed by atoms with Crippen molar-refractivity contribution in [1.29, 1.82) is 0 Å². The molecule has 0 aliphatic heterocycles. The minimum atomic E-state index is -0.942. The lowest BCUT2D eigenvalue weighted by molar-refractivity contribution is -0.141. The number of aryl methyl sites for hydroxylation is 1. The van der Waals surface area contributed by atoms with Gasteiger partial charge in [-0.3, -0.25) is 9.59 Å². The first kappa shape index (κ1) is 12.9. The molecule has 3 nitrogen and oxygen atoms in total. The molecule has 1 unspecified atom stereocenters. The van der Waals surface area contributed by atoms with Crippen LogP contribution in [-0.4, -0.2) is 16.9 Å². The molecule has 16 heavy (non-hydrogen) atoms. The van der Waals surface area contributed by atoms with Gasteiger partial charge >= 0.3 is 5.97 Å². The summed E-state index contributed by atoms with van der Waals surface area (Å²) in [5.74, 6) is -1.72. The zero-order valence-electron chi connectivity index (χ0n) is 9.16. The van der Waals surface area contributed by atoms with E-state index < -0.39 is 11.9 Å². The molecule has 0 heterocycles. The smallest absolute Gasteiger partial charge is 0.306 e. The van der Waals surface area contributed by atoms with E-state index >= 15 is 0 Å². The average molecular weight is 285 g/mol. The van der Waals surface area contributed by atoms with Gasteiger partial charge in [0.1, 0.15) is 0 Å². The normalized spacial score (nSPS) is 12.2. The SMILES string of the molecule is Cc1cc(C(=O)CC(C)C(=O)O)ccc1Br. The van der Waals surface area contributed by atoms with Gasteiger partial charge in [-0.1, -0.05) is 28.9 Å². The molecule has 0 saturated carbocycles. The third kappa shape index (κ3) is 3.17. The zero-order chi connectivity index (χ0) is 12.3. The molecule has 0 bridgehead atoms. The Morgan fingerprint density at radius 3 is 2.56 bits per heavy atom. The summed E-state index contributed by atoms with van der Waals surface area (Å²) in [5, 5.41) is 8.72. The number of benzene rings is 1. The van der Waals surface area contributed by atoms with Crippen molar-refractivity contribution < 1.29 is 14.7 Å². The van der Waals surface area contributed by atoms with Crippen LogP contribution in [-0.2, 0) is 4.79 Å². The Morgan fingerprint density at radius 1 is 1.44 bits per heavy atom. The highest BCUT2D eigenvalue weighted by atomic mass is 79.9. The molecule has 0 amide bonds. The molecule has 0 aliphatic carbocycles. The molecule has 0 fully saturated rings. The number of carbonyl (C=O) groups is 2. The van der Waals surface area contributed by atoms with Gasteiger partial charge in [0.05, 0.1) is 5.92 Å². The predicted octanol–water partition coefficient (Wildman–Crippen LogP) is 3.05. The van der Waals surface area contributed by atoms with Crippen LogP contribution in [0.3, 0.4) is 0 Å². The molecular formula is C12H13BrO3. The summed E-state index contributed by atoms with van der Waals surface area (Å²) in [6, 6.07) is 5.27. The number of aliphatic carboxylic acids is 1. The number of halogens is 1. The highest BCUT2D eigenvalue weighted by Crippen LogP contribution is 2.19. The molecule has 0 spiro atoms. The molecule has 86 valence electrons. The molecular weight excluding hydrogens is 272 g/mol. The van der Waals surface area contributed by atoms with Gasteiger partial charge in [0, 0.05) is 16.5 Å². The largest absolute Gasteiger partial charge is 0.481 e. The second kappa shape index (κ2) is 5.25. The van der Waals surface area contributed by atoms with Gasteiger partial charge in [0.2, 0.25) is 0 Å². The van der Waals surface area contributed by atoms with Crippen LogP contribution in [0, 0.1) is 12.8 Å². The van der Waals surface area contributed by atoms with Crippen molar-refractivity contribution in [3.8, 4) is 0 Å². The fourth-order valence-electron chi connectivity index (χ4n) is 1.30. The quantitative estimate of drug-likeness (QED) is 0.865. The number of carboxylic acid groups (broad SMARTS) is 1. The second-order valence-corrected chi connectivity index (χ2v) is 4.68. The van der Waals surface area contributed by atoms with E-state index in [0.29, 0.717) is 5.56 Å². The fourth-order valence-corrected chi connectivity index (χ4v) is 1.55. The van der Waals surface area contributed by atoms with E-state index in [1.54, 1.807) is 18.2 Å². The van der Waals surface area contributed by atoms with Crippen LogP contribution in [0.25, 0.3) is 0 Å². The summed E-state index contributed by atoms with van der Waals surface area (Å²) >= 11 is 3.35. The Labute approximate surface area is 103 Å². The van der Waals surface area contributed by atoms with E-state index in [2.05, 4.69) is 15.9 Å². The number of rotatable bonds is 4. The topological polar surface area (TPSA) is 54.4 Å². The van der Waals surface area contributed by atoms with Gasteiger partial charge in [-0.25, -0.2) is 0 Å². The van der Waals surface area contributed by atoms with Gasteiger partial charge in [-0.05, 0) is 24.6 Å². The minimum absolute atomic E-state index is 0.0381. The number of carboxylic acids is 1. The van der Waals surface area contributed by atoms with Crippen molar-refractivity contribution in [1.82, 2.24) is 0 Å². The van der Waals surface area contributed by atoms with Crippen molar-refractivity contribution >= 4 is 27.7 Å². The third-order valence-electron chi connectivity index (χ3n) is 2.39. The lowest BCUT2D eigenvalue weighted by atomic mass is 9.99. The summed E-state index contributed by atoms with van der Waals surface area (Å²) in [7, 11) is 0. The maximum atomic E-state index is 11.7. The Morgan fingerprint density at radius 2 is 2.06 bits per heavy atom. The van der Waals surface area contributed by atoms with Crippen LogP contribution >= 0.6 is 15.9 Å². The van der Waals surface area contributed by atoms with Crippen molar-refractivity contribution in [2.45, 2.75) is 20.3 Å². The molecule has 4 heteroatoms. The van der Waals surface area contributed by atoms with Crippen molar-refractivity contribution in [3.05, 3.63) is 33.8 Å². The third-order valence-corrected chi connectivity index (χ3v) is 3.28. The molecule has 0 radical (unpaired) electrons. The summed E-state index contributed by atoms with van der Waals surface area (Å²) in [6.45, 7) is 3.42. The maximum absolute atomic E-state index is 11.7. The lowest BCUT2D eigenvalue weighted by Crippen LogP contribution is -2.14. The molecule has 1 atom stereocenters. The molecule has 0 saturated heterocycles. The lowest BCUT2D eigenvalue weighted by Gasteiger charge is -2.06. The molecule has 1 N–H and O–H groups in total. The van der Waals surface area contributed by atoms with Crippen LogP contribution in [0.4, 0.5) is 0 Å².